The second kappa shape index (κ2) is 4.85. The van der Waals surface area contributed by atoms with Gasteiger partial charge in [-0.3, -0.25) is 0 Å². The SMILES string of the molecule is CCN1c2ccccc2Sc2cc(C(C)(C)C)ccc21. The topological polar surface area (TPSA) is 3.24 Å². The lowest BCUT2D eigenvalue weighted by Gasteiger charge is -2.33. The van der Waals surface area contributed by atoms with Crippen LogP contribution in [0.25, 0.3) is 0 Å². The maximum absolute atomic E-state index is 2.41. The number of anilines is 2. The molecule has 1 aliphatic rings. The van der Waals surface area contributed by atoms with Crippen LogP contribution in [0.15, 0.2) is 52.3 Å². The molecule has 20 heavy (non-hydrogen) atoms. The van der Waals surface area contributed by atoms with Crippen LogP contribution in [-0.4, -0.2) is 6.54 Å². The molecule has 0 aliphatic carbocycles. The van der Waals surface area contributed by atoms with E-state index in [-0.39, 0.29) is 5.41 Å². The Morgan fingerprint density at radius 3 is 2.35 bits per heavy atom. The maximum Gasteiger partial charge on any atom is 0.0552 e. The van der Waals surface area contributed by atoms with E-state index < -0.39 is 0 Å². The summed E-state index contributed by atoms with van der Waals surface area (Å²) in [5.41, 5.74) is 4.27. The van der Waals surface area contributed by atoms with Crippen molar-refractivity contribution in [2.75, 3.05) is 11.4 Å². The molecule has 3 rings (SSSR count). The van der Waals surface area contributed by atoms with Crippen LogP contribution in [0.2, 0.25) is 0 Å². The average molecular weight is 283 g/mol. The highest BCUT2D eigenvalue weighted by molar-refractivity contribution is 7.99. The number of hydrogen-bond donors (Lipinski definition) is 0. The van der Waals surface area contributed by atoms with Gasteiger partial charge in [-0.25, -0.2) is 0 Å². The number of hydrogen-bond acceptors (Lipinski definition) is 2. The van der Waals surface area contributed by atoms with E-state index in [1.165, 1.54) is 26.7 Å². The van der Waals surface area contributed by atoms with Crippen LogP contribution in [-0.2, 0) is 5.41 Å². The summed E-state index contributed by atoms with van der Waals surface area (Å²) in [5.74, 6) is 0. The highest BCUT2D eigenvalue weighted by atomic mass is 32.2. The van der Waals surface area contributed by atoms with Gasteiger partial charge in [0.2, 0.25) is 0 Å². The average Bonchev–Trinajstić information content (AvgIpc) is 2.43. The largest absolute Gasteiger partial charge is 0.340 e. The van der Waals surface area contributed by atoms with E-state index in [4.69, 9.17) is 0 Å². The predicted molar refractivity (Wildman–Crippen MR) is 88.4 cm³/mol. The number of benzene rings is 2. The van der Waals surface area contributed by atoms with Gasteiger partial charge in [0.25, 0.3) is 0 Å². The van der Waals surface area contributed by atoms with Gasteiger partial charge in [-0.1, -0.05) is 50.7 Å². The molecule has 0 amide bonds. The Morgan fingerprint density at radius 1 is 0.950 bits per heavy atom. The van der Waals surface area contributed by atoms with Gasteiger partial charge in [0, 0.05) is 16.3 Å². The second-order valence-electron chi connectivity index (χ2n) is 6.25. The van der Waals surface area contributed by atoms with Crippen molar-refractivity contribution in [3.05, 3.63) is 48.0 Å². The standard InChI is InChI=1S/C18H21NS/c1-5-19-14-8-6-7-9-16(14)20-17-12-13(18(2,3)4)10-11-15(17)19/h6-12H,5H2,1-4H3. The van der Waals surface area contributed by atoms with Gasteiger partial charge in [0.05, 0.1) is 11.4 Å². The molecule has 0 saturated carbocycles. The van der Waals surface area contributed by atoms with Gasteiger partial charge in [-0.15, -0.1) is 0 Å². The number of rotatable bonds is 1. The molecule has 0 bridgehead atoms. The number of para-hydroxylation sites is 1. The van der Waals surface area contributed by atoms with E-state index in [2.05, 4.69) is 75.1 Å². The van der Waals surface area contributed by atoms with Crippen molar-refractivity contribution < 1.29 is 0 Å². The molecule has 0 spiro atoms. The Bertz CT molecular complexity index is 640. The fourth-order valence-corrected chi connectivity index (χ4v) is 3.78. The highest BCUT2D eigenvalue weighted by Gasteiger charge is 2.24. The van der Waals surface area contributed by atoms with Crippen LogP contribution in [0.1, 0.15) is 33.3 Å². The monoisotopic (exact) mass is 283 g/mol. The van der Waals surface area contributed by atoms with Gasteiger partial charge in [0.1, 0.15) is 0 Å². The molecule has 2 aromatic carbocycles. The maximum atomic E-state index is 2.41. The minimum absolute atomic E-state index is 0.198. The highest BCUT2D eigenvalue weighted by Crippen LogP contribution is 2.48. The Balaban J connectivity index is 2.12. The van der Waals surface area contributed by atoms with Gasteiger partial charge in [-0.2, -0.15) is 0 Å². The summed E-state index contributed by atoms with van der Waals surface area (Å²) < 4.78 is 0. The Morgan fingerprint density at radius 2 is 1.65 bits per heavy atom. The van der Waals surface area contributed by atoms with Crippen LogP contribution in [0.5, 0.6) is 0 Å². The molecule has 0 fully saturated rings. The molecule has 0 aromatic heterocycles. The molecular weight excluding hydrogens is 262 g/mol. The lowest BCUT2D eigenvalue weighted by molar-refractivity contribution is 0.588. The van der Waals surface area contributed by atoms with E-state index in [9.17, 15) is 0 Å². The van der Waals surface area contributed by atoms with Crippen LogP contribution in [0.4, 0.5) is 11.4 Å². The fraction of sp³-hybridized carbons (Fsp3) is 0.333. The smallest absolute Gasteiger partial charge is 0.0552 e. The molecule has 0 saturated heterocycles. The predicted octanol–water partition coefficient (Wildman–Crippen LogP) is 5.61. The summed E-state index contributed by atoms with van der Waals surface area (Å²) in [6, 6.07) is 15.6. The van der Waals surface area contributed by atoms with Gasteiger partial charge in [0.15, 0.2) is 0 Å². The Hall–Kier alpha value is -1.41. The third-order valence-corrected chi connectivity index (χ3v) is 4.92. The molecule has 1 heterocycles. The summed E-state index contributed by atoms with van der Waals surface area (Å²) in [4.78, 5) is 5.14. The minimum Gasteiger partial charge on any atom is -0.340 e. The van der Waals surface area contributed by atoms with E-state index in [1.54, 1.807) is 0 Å². The Labute approximate surface area is 126 Å². The van der Waals surface area contributed by atoms with E-state index in [0.29, 0.717) is 0 Å². The molecule has 1 nitrogen and oxygen atoms in total. The summed E-state index contributed by atoms with van der Waals surface area (Å²) in [6.07, 6.45) is 0. The van der Waals surface area contributed by atoms with Crippen molar-refractivity contribution in [1.29, 1.82) is 0 Å². The van der Waals surface area contributed by atoms with Gasteiger partial charge >= 0.3 is 0 Å². The first-order valence-electron chi connectivity index (χ1n) is 7.19. The van der Waals surface area contributed by atoms with Crippen molar-refractivity contribution in [2.45, 2.75) is 42.9 Å². The van der Waals surface area contributed by atoms with Crippen LogP contribution >= 0.6 is 11.8 Å². The van der Waals surface area contributed by atoms with E-state index in [0.717, 1.165) is 6.54 Å². The van der Waals surface area contributed by atoms with E-state index in [1.807, 2.05) is 11.8 Å². The van der Waals surface area contributed by atoms with Crippen LogP contribution in [0, 0.1) is 0 Å². The van der Waals surface area contributed by atoms with Gasteiger partial charge < -0.3 is 4.90 Å². The molecule has 1 aliphatic heterocycles. The summed E-state index contributed by atoms with van der Waals surface area (Å²) in [6.45, 7) is 10.0. The summed E-state index contributed by atoms with van der Waals surface area (Å²) in [7, 11) is 0. The first-order valence-corrected chi connectivity index (χ1v) is 8.01. The number of nitrogens with zero attached hydrogens (tertiary/aromatic N) is 1. The molecule has 0 atom stereocenters. The molecule has 104 valence electrons. The summed E-state index contributed by atoms with van der Waals surface area (Å²) in [5, 5.41) is 0. The zero-order valence-electron chi connectivity index (χ0n) is 12.6. The minimum atomic E-state index is 0.198. The van der Waals surface area contributed by atoms with Crippen molar-refractivity contribution in [3.63, 3.8) is 0 Å². The fourth-order valence-electron chi connectivity index (χ4n) is 2.64. The van der Waals surface area contributed by atoms with Crippen molar-refractivity contribution >= 4 is 23.1 Å². The van der Waals surface area contributed by atoms with Crippen molar-refractivity contribution in [1.82, 2.24) is 0 Å². The first kappa shape index (κ1) is 13.6. The number of fused-ring (bicyclic) bond motifs is 2. The molecule has 0 N–H and O–H groups in total. The van der Waals surface area contributed by atoms with Gasteiger partial charge in [-0.05, 0) is 42.2 Å². The summed E-state index contributed by atoms with van der Waals surface area (Å²) >= 11 is 1.89. The zero-order chi connectivity index (χ0) is 14.3. The van der Waals surface area contributed by atoms with Crippen LogP contribution in [0.3, 0.4) is 0 Å². The third-order valence-electron chi connectivity index (χ3n) is 3.81. The zero-order valence-corrected chi connectivity index (χ0v) is 13.4. The second-order valence-corrected chi connectivity index (χ2v) is 7.33. The van der Waals surface area contributed by atoms with Crippen molar-refractivity contribution in [2.24, 2.45) is 0 Å². The third kappa shape index (κ3) is 2.22. The lowest BCUT2D eigenvalue weighted by atomic mass is 9.87. The van der Waals surface area contributed by atoms with Crippen LogP contribution < -0.4 is 4.90 Å². The quantitative estimate of drug-likeness (QED) is 0.669. The van der Waals surface area contributed by atoms with Crippen molar-refractivity contribution in [3.8, 4) is 0 Å². The lowest BCUT2D eigenvalue weighted by Crippen LogP contribution is -2.20. The molecule has 0 radical (unpaired) electrons. The first-order chi connectivity index (χ1) is 9.50. The normalized spacial score (nSPS) is 13.9. The molecular formula is C18H21NS. The van der Waals surface area contributed by atoms with E-state index >= 15 is 0 Å². The molecule has 2 aromatic rings. The Kier molecular flexibility index (Phi) is 3.29. The molecule has 2 heteroatoms. The molecule has 0 unspecified atom stereocenters.